The summed E-state index contributed by atoms with van der Waals surface area (Å²) in [6.45, 7) is 0. The summed E-state index contributed by atoms with van der Waals surface area (Å²) in [5.41, 5.74) is 0. The third-order valence-corrected chi connectivity index (χ3v) is 1.50. The van der Waals surface area contributed by atoms with Crippen LogP contribution in [0.1, 0.15) is 0 Å². The average Bonchev–Trinajstić information content (AvgIpc) is 1.80. The van der Waals surface area contributed by atoms with Crippen molar-refractivity contribution in [1.29, 1.82) is 0 Å². The van der Waals surface area contributed by atoms with E-state index >= 15 is 0 Å². The zero-order valence-corrected chi connectivity index (χ0v) is 6.76. The molecule has 0 atom stereocenters. The van der Waals surface area contributed by atoms with Crippen LogP contribution in [0.5, 0.6) is 0 Å². The quantitative estimate of drug-likeness (QED) is 0.387. The lowest BCUT2D eigenvalue weighted by Crippen LogP contribution is -2.32. The zero-order chi connectivity index (χ0) is 6.85. The van der Waals surface area contributed by atoms with Crippen LogP contribution in [0.4, 0.5) is 0 Å². The first-order valence-corrected chi connectivity index (χ1v) is 3.39. The van der Waals surface area contributed by atoms with Crippen molar-refractivity contribution in [3.63, 3.8) is 0 Å². The largest absolute Gasteiger partial charge is 0.593 e. The van der Waals surface area contributed by atoms with E-state index < -0.39 is 0 Å². The van der Waals surface area contributed by atoms with Gasteiger partial charge in [-0.3, -0.25) is 0 Å². The molecule has 0 fully saturated rings. The fourth-order valence-corrected chi connectivity index (χ4v) is 0.774. The van der Waals surface area contributed by atoms with E-state index in [0.29, 0.717) is 14.5 Å². The van der Waals surface area contributed by atoms with Crippen LogP contribution in [0.2, 0.25) is 0 Å². The van der Waals surface area contributed by atoms with Gasteiger partial charge in [0.05, 0.1) is 0 Å². The third-order valence-electron chi connectivity index (χ3n) is 0.752. The summed E-state index contributed by atoms with van der Waals surface area (Å²) in [4.78, 5) is 0.438. The van der Waals surface area contributed by atoms with Crippen molar-refractivity contribution in [3.05, 3.63) is 21.9 Å². The van der Waals surface area contributed by atoms with Gasteiger partial charge in [0.1, 0.15) is 0 Å². The highest BCUT2D eigenvalue weighted by Gasteiger charge is 1.99. The molecule has 1 aromatic heterocycles. The van der Waals surface area contributed by atoms with Gasteiger partial charge >= 0.3 is 0 Å². The van der Waals surface area contributed by atoms with Crippen LogP contribution in [0.25, 0.3) is 0 Å². The molecule has 48 valence electrons. The zero-order valence-electron chi connectivity index (χ0n) is 4.28. The Morgan fingerprint density at radius 2 is 2.33 bits per heavy atom. The summed E-state index contributed by atoms with van der Waals surface area (Å²) in [6, 6.07) is 3.21. The minimum absolute atomic E-state index is 0.290. The van der Waals surface area contributed by atoms with Crippen molar-refractivity contribution in [2.24, 2.45) is 0 Å². The number of hydrogen-bond acceptors (Lipinski definition) is 3. The topological polar surface area (TPSA) is 39.8 Å². The second-order valence-corrected chi connectivity index (χ2v) is 2.66. The second kappa shape index (κ2) is 2.53. The van der Waals surface area contributed by atoms with Gasteiger partial charge < -0.3 is 5.21 Å². The summed E-state index contributed by atoms with van der Waals surface area (Å²) in [6.07, 6.45) is 0. The van der Waals surface area contributed by atoms with Gasteiger partial charge in [0.15, 0.2) is 4.60 Å². The van der Waals surface area contributed by atoms with Crippen molar-refractivity contribution in [2.75, 3.05) is 0 Å². The lowest BCUT2D eigenvalue weighted by Gasteiger charge is -1.93. The number of rotatable bonds is 0. The monoisotopic (exact) mass is 206 g/mol. The Morgan fingerprint density at radius 3 is 2.78 bits per heavy atom. The molecule has 0 radical (unpaired) electrons. The van der Waals surface area contributed by atoms with Crippen molar-refractivity contribution < 1.29 is 4.85 Å². The Balaban J connectivity index is 3.17. The molecule has 0 bridgehead atoms. The molecule has 5 heteroatoms. The highest BCUT2D eigenvalue weighted by Crippen LogP contribution is 2.03. The number of aromatic nitrogens is 2. The van der Waals surface area contributed by atoms with E-state index in [1.54, 1.807) is 12.1 Å². The number of nitrogens with zero attached hydrogens (tertiary/aromatic N) is 2. The Morgan fingerprint density at radius 1 is 1.67 bits per heavy atom. The van der Waals surface area contributed by atoms with E-state index in [4.69, 9.17) is 0 Å². The maximum atomic E-state index is 10.5. The molecule has 0 amide bonds. The summed E-state index contributed by atoms with van der Waals surface area (Å²) >= 11 is 6.84. The first-order chi connectivity index (χ1) is 4.20. The molecule has 0 saturated carbocycles. The van der Waals surface area contributed by atoms with Gasteiger partial charge in [-0.2, -0.15) is 0 Å². The predicted octanol–water partition coefficient (Wildman–Crippen LogP) is 0.766. The Hall–Kier alpha value is -0.290. The third kappa shape index (κ3) is 1.56. The van der Waals surface area contributed by atoms with Gasteiger partial charge in [0, 0.05) is 11.2 Å². The predicted molar refractivity (Wildman–Crippen MR) is 38.1 cm³/mol. The molecule has 0 spiro atoms. The number of halogens is 1. The van der Waals surface area contributed by atoms with E-state index in [-0.39, 0.29) is 0 Å². The number of thiol groups is 1. The molecule has 0 aromatic carbocycles. The lowest BCUT2D eigenvalue weighted by molar-refractivity contribution is -0.707. The van der Waals surface area contributed by atoms with Crippen LogP contribution in [0, 0.1) is 5.21 Å². The van der Waals surface area contributed by atoms with Gasteiger partial charge in [-0.05, 0) is 26.8 Å². The van der Waals surface area contributed by atoms with Crippen molar-refractivity contribution in [2.45, 2.75) is 5.03 Å². The van der Waals surface area contributed by atoms with E-state index in [2.05, 4.69) is 33.7 Å². The molecule has 0 N–H and O–H groups in total. The minimum atomic E-state index is 0.290. The van der Waals surface area contributed by atoms with Crippen LogP contribution in [0.15, 0.2) is 21.8 Å². The maximum absolute atomic E-state index is 10.5. The smallest absolute Gasteiger partial charge is 0.276 e. The van der Waals surface area contributed by atoms with E-state index in [1.807, 2.05) is 0 Å². The molecule has 0 aliphatic carbocycles. The summed E-state index contributed by atoms with van der Waals surface area (Å²) in [7, 11) is 0. The van der Waals surface area contributed by atoms with Gasteiger partial charge in [0.25, 0.3) is 5.03 Å². The average molecular weight is 207 g/mol. The molecule has 1 aromatic rings. The second-order valence-electron chi connectivity index (χ2n) is 1.39. The first kappa shape index (κ1) is 6.82. The Bertz CT molecular complexity index is 230. The summed E-state index contributed by atoms with van der Waals surface area (Å²) in [5, 5.41) is 14.3. The van der Waals surface area contributed by atoms with E-state index in [0.717, 1.165) is 0 Å². The standard InChI is InChI=1S/C4H3BrN2OS/c5-3-1-2-4(9)7(8)6-3/h1-2,9H. The van der Waals surface area contributed by atoms with Crippen LogP contribution in [0.3, 0.4) is 0 Å². The van der Waals surface area contributed by atoms with Crippen LogP contribution < -0.4 is 4.85 Å². The van der Waals surface area contributed by atoms with Gasteiger partial charge in [-0.1, -0.05) is 12.6 Å². The minimum Gasteiger partial charge on any atom is -0.593 e. The van der Waals surface area contributed by atoms with Crippen LogP contribution in [-0.4, -0.2) is 5.10 Å². The van der Waals surface area contributed by atoms with Crippen molar-refractivity contribution in [3.8, 4) is 0 Å². The number of hydrogen-bond donors (Lipinski definition) is 1. The summed E-state index contributed by atoms with van der Waals surface area (Å²) in [5.74, 6) is 0. The molecule has 1 heterocycles. The van der Waals surface area contributed by atoms with Gasteiger partial charge in [-0.25, -0.2) is 0 Å². The van der Waals surface area contributed by atoms with Crippen LogP contribution >= 0.6 is 28.6 Å². The first-order valence-electron chi connectivity index (χ1n) is 2.15. The molecule has 0 aliphatic heterocycles. The highest BCUT2D eigenvalue weighted by atomic mass is 79.9. The molecule has 0 unspecified atom stereocenters. The Kier molecular flexibility index (Phi) is 1.92. The molecule has 9 heavy (non-hydrogen) atoms. The SMILES string of the molecule is [O-][n+]1nc(Br)ccc1S. The molecular weight excluding hydrogens is 204 g/mol. The molecular formula is C4H3BrN2OS. The van der Waals surface area contributed by atoms with E-state index in [1.165, 1.54) is 0 Å². The fourth-order valence-electron chi connectivity index (χ4n) is 0.378. The molecule has 3 nitrogen and oxygen atoms in total. The maximum Gasteiger partial charge on any atom is 0.276 e. The van der Waals surface area contributed by atoms with Gasteiger partial charge in [-0.15, -0.1) is 0 Å². The summed E-state index contributed by atoms with van der Waals surface area (Å²) < 4.78 is 0.510. The molecule has 0 saturated heterocycles. The fraction of sp³-hybridized carbons (Fsp3) is 0. The van der Waals surface area contributed by atoms with E-state index in [9.17, 15) is 5.21 Å². The molecule has 1 rings (SSSR count). The Labute approximate surface area is 65.8 Å². The van der Waals surface area contributed by atoms with Gasteiger partial charge in [0.2, 0.25) is 0 Å². The molecule has 0 aliphatic rings. The van der Waals surface area contributed by atoms with Crippen molar-refractivity contribution >= 4 is 28.6 Å². The lowest BCUT2D eigenvalue weighted by atomic mass is 10.6. The van der Waals surface area contributed by atoms with Crippen molar-refractivity contribution in [1.82, 2.24) is 5.10 Å². The van der Waals surface area contributed by atoms with Crippen LogP contribution in [-0.2, 0) is 0 Å². The highest BCUT2D eigenvalue weighted by molar-refractivity contribution is 9.10. The normalized spacial score (nSPS) is 9.56.